The lowest BCUT2D eigenvalue weighted by atomic mass is 10.2. The van der Waals surface area contributed by atoms with Crippen molar-refractivity contribution in [3.8, 4) is 17.2 Å². The summed E-state index contributed by atoms with van der Waals surface area (Å²) in [5.74, 6) is 1.71. The first-order chi connectivity index (χ1) is 11.2. The summed E-state index contributed by atoms with van der Waals surface area (Å²) < 4.78 is 13.0. The molecule has 0 N–H and O–H groups in total. The molecule has 0 bridgehead atoms. The molecule has 120 valence electrons. The Balaban J connectivity index is 2.09. The highest BCUT2D eigenvalue weighted by Crippen LogP contribution is 2.25. The van der Waals surface area contributed by atoms with Crippen LogP contribution >= 0.6 is 11.3 Å². The molecule has 0 radical (unpaired) electrons. The zero-order valence-corrected chi connectivity index (χ0v) is 14.3. The molecule has 0 saturated heterocycles. The molecule has 0 aliphatic carbocycles. The summed E-state index contributed by atoms with van der Waals surface area (Å²) in [6, 6.07) is 12.0. The molecule has 3 rings (SSSR count). The lowest BCUT2D eigenvalue weighted by Crippen LogP contribution is -2.19. The fourth-order valence-electron chi connectivity index (χ4n) is 2.38. The van der Waals surface area contributed by atoms with Gasteiger partial charge in [0, 0.05) is 11.4 Å². The Kier molecular flexibility index (Phi) is 4.67. The summed E-state index contributed by atoms with van der Waals surface area (Å²) in [4.78, 5) is 5.77. The molecule has 0 saturated carbocycles. The van der Waals surface area contributed by atoms with Crippen LogP contribution in [-0.4, -0.2) is 11.7 Å². The van der Waals surface area contributed by atoms with E-state index in [0.29, 0.717) is 6.04 Å². The molecule has 1 aromatic carbocycles. The Labute approximate surface area is 139 Å². The van der Waals surface area contributed by atoms with E-state index < -0.39 is 0 Å². The standard InChI is InChI=1S/C18H20N2O2S/c1-4-13(2)20-16(17-6-5-11-22-17)12-23-18(20)19-14-7-9-15(21-3)10-8-14/h5-13H,4H2,1-3H3. The second kappa shape index (κ2) is 6.87. The van der Waals surface area contributed by atoms with E-state index in [1.165, 1.54) is 0 Å². The molecule has 5 heteroatoms. The lowest BCUT2D eigenvalue weighted by molar-refractivity contribution is 0.415. The monoisotopic (exact) mass is 328 g/mol. The first kappa shape index (κ1) is 15.6. The van der Waals surface area contributed by atoms with E-state index in [2.05, 4.69) is 23.8 Å². The minimum Gasteiger partial charge on any atom is -0.497 e. The summed E-state index contributed by atoms with van der Waals surface area (Å²) in [5.41, 5.74) is 1.98. The summed E-state index contributed by atoms with van der Waals surface area (Å²) in [7, 11) is 1.66. The Bertz CT molecular complexity index is 814. The fraction of sp³-hybridized carbons (Fsp3) is 0.278. The predicted octanol–water partition coefficient (Wildman–Crippen LogP) is 5.02. The molecule has 3 aromatic rings. The minimum absolute atomic E-state index is 0.346. The first-order valence-electron chi connectivity index (χ1n) is 7.65. The van der Waals surface area contributed by atoms with Crippen LogP contribution in [0.3, 0.4) is 0 Å². The van der Waals surface area contributed by atoms with Crippen LogP contribution in [0, 0.1) is 0 Å². The van der Waals surface area contributed by atoms with E-state index in [-0.39, 0.29) is 0 Å². The minimum atomic E-state index is 0.346. The third-order valence-corrected chi connectivity index (χ3v) is 4.68. The van der Waals surface area contributed by atoms with Crippen LogP contribution in [0.2, 0.25) is 0 Å². The van der Waals surface area contributed by atoms with E-state index in [0.717, 1.165) is 34.1 Å². The quantitative estimate of drug-likeness (QED) is 0.659. The van der Waals surface area contributed by atoms with Crippen molar-refractivity contribution < 1.29 is 9.15 Å². The molecular formula is C18H20N2O2S. The normalized spacial score (nSPS) is 13.3. The number of rotatable bonds is 5. The Morgan fingerprint density at radius 3 is 2.65 bits per heavy atom. The third-order valence-electron chi connectivity index (χ3n) is 3.84. The van der Waals surface area contributed by atoms with Crippen molar-refractivity contribution in [3.63, 3.8) is 0 Å². The summed E-state index contributed by atoms with van der Waals surface area (Å²) >= 11 is 1.63. The van der Waals surface area contributed by atoms with Gasteiger partial charge in [-0.3, -0.25) is 0 Å². The zero-order chi connectivity index (χ0) is 16.2. The van der Waals surface area contributed by atoms with Gasteiger partial charge in [0.1, 0.15) is 5.75 Å². The van der Waals surface area contributed by atoms with Crippen LogP contribution in [0.1, 0.15) is 26.3 Å². The van der Waals surface area contributed by atoms with E-state index in [1.807, 2.05) is 36.4 Å². The number of methoxy groups -OCH3 is 1. The highest BCUT2D eigenvalue weighted by atomic mass is 32.1. The molecule has 0 fully saturated rings. The summed E-state index contributed by atoms with van der Waals surface area (Å²) in [6.07, 6.45) is 2.73. The summed E-state index contributed by atoms with van der Waals surface area (Å²) in [6.45, 7) is 4.38. The van der Waals surface area contributed by atoms with Gasteiger partial charge in [0.05, 0.1) is 24.8 Å². The Morgan fingerprint density at radius 1 is 1.26 bits per heavy atom. The molecule has 1 unspecified atom stereocenters. The van der Waals surface area contributed by atoms with Crippen molar-refractivity contribution in [1.82, 2.24) is 4.57 Å². The Hall–Kier alpha value is -2.27. The van der Waals surface area contributed by atoms with Gasteiger partial charge in [-0.25, -0.2) is 4.99 Å². The average Bonchev–Trinajstić information content (AvgIpc) is 3.24. The highest BCUT2D eigenvalue weighted by Gasteiger charge is 2.14. The molecular weight excluding hydrogens is 308 g/mol. The van der Waals surface area contributed by atoms with Gasteiger partial charge in [-0.1, -0.05) is 6.92 Å². The molecule has 2 heterocycles. The van der Waals surface area contributed by atoms with Crippen LogP contribution in [0.5, 0.6) is 5.75 Å². The Morgan fingerprint density at radius 2 is 2.04 bits per heavy atom. The smallest absolute Gasteiger partial charge is 0.190 e. The number of hydrogen-bond acceptors (Lipinski definition) is 4. The summed E-state index contributed by atoms with van der Waals surface area (Å²) in [5, 5.41) is 2.10. The number of thiazole rings is 1. The first-order valence-corrected chi connectivity index (χ1v) is 8.53. The van der Waals surface area contributed by atoms with Crippen molar-refractivity contribution >= 4 is 17.0 Å². The van der Waals surface area contributed by atoms with Crippen LogP contribution in [0.15, 0.2) is 57.5 Å². The molecule has 2 aromatic heterocycles. The molecule has 4 nitrogen and oxygen atoms in total. The number of aromatic nitrogens is 1. The van der Waals surface area contributed by atoms with Gasteiger partial charge in [-0.05, 0) is 49.7 Å². The predicted molar refractivity (Wildman–Crippen MR) is 93.2 cm³/mol. The van der Waals surface area contributed by atoms with Crippen LogP contribution in [-0.2, 0) is 0 Å². The van der Waals surface area contributed by atoms with Crippen molar-refractivity contribution in [2.75, 3.05) is 7.11 Å². The second-order valence-corrected chi connectivity index (χ2v) is 6.15. The number of furan rings is 1. The highest BCUT2D eigenvalue weighted by molar-refractivity contribution is 7.07. The maximum absolute atomic E-state index is 5.58. The molecule has 23 heavy (non-hydrogen) atoms. The van der Waals surface area contributed by atoms with E-state index >= 15 is 0 Å². The molecule has 1 atom stereocenters. The van der Waals surface area contributed by atoms with Gasteiger partial charge in [0.2, 0.25) is 0 Å². The van der Waals surface area contributed by atoms with E-state index in [1.54, 1.807) is 24.7 Å². The SMILES string of the molecule is CCC(C)n1c(-c2ccco2)csc1=Nc1ccc(OC)cc1. The van der Waals surface area contributed by atoms with Gasteiger partial charge in [0.25, 0.3) is 0 Å². The fourth-order valence-corrected chi connectivity index (χ4v) is 3.38. The average molecular weight is 328 g/mol. The van der Waals surface area contributed by atoms with Gasteiger partial charge in [0.15, 0.2) is 10.6 Å². The molecule has 0 spiro atoms. The molecule has 0 aliphatic heterocycles. The maximum Gasteiger partial charge on any atom is 0.190 e. The van der Waals surface area contributed by atoms with Crippen LogP contribution < -0.4 is 9.54 Å². The lowest BCUT2D eigenvalue weighted by Gasteiger charge is -2.14. The number of benzene rings is 1. The van der Waals surface area contributed by atoms with Crippen molar-refractivity contribution in [1.29, 1.82) is 0 Å². The van der Waals surface area contributed by atoms with Crippen LogP contribution in [0.25, 0.3) is 11.5 Å². The zero-order valence-electron chi connectivity index (χ0n) is 13.5. The van der Waals surface area contributed by atoms with E-state index in [4.69, 9.17) is 14.1 Å². The second-order valence-electron chi connectivity index (χ2n) is 5.32. The van der Waals surface area contributed by atoms with Gasteiger partial charge >= 0.3 is 0 Å². The number of hydrogen-bond donors (Lipinski definition) is 0. The number of nitrogens with zero attached hydrogens (tertiary/aromatic N) is 2. The molecule has 0 aliphatic rings. The maximum atomic E-state index is 5.58. The third kappa shape index (κ3) is 3.24. The molecule has 0 amide bonds. The topological polar surface area (TPSA) is 39.7 Å². The van der Waals surface area contributed by atoms with E-state index in [9.17, 15) is 0 Å². The van der Waals surface area contributed by atoms with Gasteiger partial charge in [-0.2, -0.15) is 0 Å². The van der Waals surface area contributed by atoms with Crippen molar-refractivity contribution in [2.24, 2.45) is 4.99 Å². The number of ether oxygens (including phenoxy) is 1. The van der Waals surface area contributed by atoms with Crippen molar-refractivity contribution in [2.45, 2.75) is 26.3 Å². The largest absolute Gasteiger partial charge is 0.497 e. The van der Waals surface area contributed by atoms with Gasteiger partial charge in [-0.15, -0.1) is 11.3 Å². The van der Waals surface area contributed by atoms with Crippen molar-refractivity contribution in [3.05, 3.63) is 52.8 Å². The van der Waals surface area contributed by atoms with Crippen LogP contribution in [0.4, 0.5) is 5.69 Å². The van der Waals surface area contributed by atoms with Gasteiger partial charge < -0.3 is 13.7 Å².